The number of hydrogen-bond donors (Lipinski definition) is 1. The molecule has 0 bridgehead atoms. The minimum Gasteiger partial charge on any atom is -0.339 e. The van der Waals surface area contributed by atoms with Crippen LogP contribution in [0.3, 0.4) is 0 Å². The third-order valence-corrected chi connectivity index (χ3v) is 4.78. The number of benzene rings is 2. The second kappa shape index (κ2) is 7.87. The molecule has 3 rings (SSSR count). The van der Waals surface area contributed by atoms with Crippen molar-refractivity contribution in [2.45, 2.75) is 26.2 Å². The fourth-order valence-electron chi connectivity index (χ4n) is 3.05. The zero-order valence-electron chi connectivity index (χ0n) is 14.5. The maximum Gasteiger partial charge on any atom is 0.258 e. The third kappa shape index (κ3) is 4.05. The number of nitrogens with zero attached hydrogens (tertiary/aromatic N) is 1. The van der Waals surface area contributed by atoms with Gasteiger partial charge in [-0.3, -0.25) is 9.59 Å². The number of hydrogen-bond acceptors (Lipinski definition) is 2. The van der Waals surface area contributed by atoms with Crippen molar-refractivity contribution in [1.29, 1.82) is 0 Å². The Kier molecular flexibility index (Phi) is 5.57. The molecule has 0 aliphatic carbocycles. The topological polar surface area (TPSA) is 49.4 Å². The number of likely N-dealkylation sites (tertiary alicyclic amines) is 1. The Balaban J connectivity index is 1.76. The summed E-state index contributed by atoms with van der Waals surface area (Å²) < 4.78 is 13.8. The van der Waals surface area contributed by atoms with Crippen LogP contribution in [0.5, 0.6) is 0 Å². The molecule has 1 fully saturated rings. The smallest absolute Gasteiger partial charge is 0.258 e. The molecule has 0 spiro atoms. The zero-order valence-corrected chi connectivity index (χ0v) is 15.3. The van der Waals surface area contributed by atoms with E-state index in [2.05, 4.69) is 5.32 Å². The van der Waals surface area contributed by atoms with Crippen molar-refractivity contribution >= 4 is 29.1 Å². The van der Waals surface area contributed by atoms with Crippen LogP contribution in [-0.4, -0.2) is 29.8 Å². The number of halogens is 2. The Bertz CT molecular complexity index is 848. The number of carbonyl (C=O) groups is 2. The van der Waals surface area contributed by atoms with Crippen molar-refractivity contribution in [2.75, 3.05) is 18.4 Å². The molecule has 0 atom stereocenters. The van der Waals surface area contributed by atoms with Gasteiger partial charge in [-0.2, -0.15) is 0 Å². The van der Waals surface area contributed by atoms with Gasteiger partial charge in [0.05, 0.1) is 16.1 Å². The summed E-state index contributed by atoms with van der Waals surface area (Å²) in [5.41, 5.74) is 1.58. The predicted octanol–water partition coefficient (Wildman–Crippen LogP) is 4.67. The fourth-order valence-corrected chi connectivity index (χ4v) is 3.31. The maximum absolute atomic E-state index is 13.8. The number of piperidine rings is 1. The summed E-state index contributed by atoms with van der Waals surface area (Å²) in [5.74, 6) is -1.24. The van der Waals surface area contributed by atoms with E-state index in [4.69, 9.17) is 11.6 Å². The molecular weight excluding hydrogens is 355 g/mol. The number of rotatable bonds is 3. The van der Waals surface area contributed by atoms with E-state index in [1.165, 1.54) is 18.2 Å². The molecule has 1 saturated heterocycles. The molecular formula is C20H20ClFN2O2. The van der Waals surface area contributed by atoms with Gasteiger partial charge < -0.3 is 10.2 Å². The molecule has 0 radical (unpaired) electrons. The van der Waals surface area contributed by atoms with Gasteiger partial charge in [-0.25, -0.2) is 4.39 Å². The highest BCUT2D eigenvalue weighted by Gasteiger charge is 2.21. The first kappa shape index (κ1) is 18.4. The molecule has 0 saturated carbocycles. The number of nitrogens with one attached hydrogen (secondary N) is 1. The average molecular weight is 375 g/mol. The second-order valence-corrected chi connectivity index (χ2v) is 6.89. The molecule has 0 aromatic heterocycles. The van der Waals surface area contributed by atoms with Gasteiger partial charge in [-0.15, -0.1) is 0 Å². The van der Waals surface area contributed by atoms with E-state index < -0.39 is 11.7 Å². The molecule has 136 valence electrons. The number of anilines is 1. The minimum atomic E-state index is -0.587. The first-order valence-corrected chi connectivity index (χ1v) is 9.00. The van der Waals surface area contributed by atoms with Crippen LogP contribution in [0.25, 0.3) is 0 Å². The molecule has 1 aliphatic heterocycles. The largest absolute Gasteiger partial charge is 0.339 e. The van der Waals surface area contributed by atoms with Gasteiger partial charge in [0, 0.05) is 18.8 Å². The maximum atomic E-state index is 13.8. The van der Waals surface area contributed by atoms with E-state index in [0.29, 0.717) is 11.3 Å². The summed E-state index contributed by atoms with van der Waals surface area (Å²) in [6.45, 7) is 3.26. The molecule has 26 heavy (non-hydrogen) atoms. The van der Waals surface area contributed by atoms with Crippen molar-refractivity contribution in [3.8, 4) is 0 Å². The van der Waals surface area contributed by atoms with Crippen molar-refractivity contribution < 1.29 is 14.0 Å². The lowest BCUT2D eigenvalue weighted by Crippen LogP contribution is -2.35. The van der Waals surface area contributed by atoms with E-state index in [0.717, 1.165) is 37.9 Å². The first-order chi connectivity index (χ1) is 12.5. The van der Waals surface area contributed by atoms with Crippen molar-refractivity contribution in [1.82, 2.24) is 4.90 Å². The lowest BCUT2D eigenvalue weighted by atomic mass is 10.1. The van der Waals surface area contributed by atoms with Crippen molar-refractivity contribution in [2.24, 2.45) is 0 Å². The first-order valence-electron chi connectivity index (χ1n) is 8.62. The van der Waals surface area contributed by atoms with Crippen LogP contribution in [0.1, 0.15) is 45.5 Å². The van der Waals surface area contributed by atoms with Crippen LogP contribution in [-0.2, 0) is 0 Å². The Morgan fingerprint density at radius 3 is 2.46 bits per heavy atom. The monoisotopic (exact) mass is 374 g/mol. The summed E-state index contributed by atoms with van der Waals surface area (Å²) in [6.07, 6.45) is 3.14. The molecule has 1 aliphatic rings. The average Bonchev–Trinajstić information content (AvgIpc) is 2.64. The van der Waals surface area contributed by atoms with Gasteiger partial charge in [-0.05, 0) is 56.5 Å². The molecule has 1 heterocycles. The molecule has 6 heteroatoms. The zero-order chi connectivity index (χ0) is 18.7. The quantitative estimate of drug-likeness (QED) is 0.849. The third-order valence-electron chi connectivity index (χ3n) is 4.47. The summed E-state index contributed by atoms with van der Waals surface area (Å²) in [6, 6.07) is 9.07. The van der Waals surface area contributed by atoms with Gasteiger partial charge >= 0.3 is 0 Å². The molecule has 1 N–H and O–H groups in total. The van der Waals surface area contributed by atoms with Crippen LogP contribution in [0.2, 0.25) is 5.02 Å². The van der Waals surface area contributed by atoms with E-state index in [1.807, 2.05) is 0 Å². The van der Waals surface area contributed by atoms with Gasteiger partial charge in [0.2, 0.25) is 0 Å². The lowest BCUT2D eigenvalue weighted by Gasteiger charge is -2.27. The Labute approximate surface area is 157 Å². The summed E-state index contributed by atoms with van der Waals surface area (Å²) in [5, 5.41) is 2.89. The standard InChI is InChI=1S/C20H20ClFN2O2/c1-13-5-8-18(22)16(11-13)19(25)23-14-6-7-15(17(21)12-14)20(26)24-9-3-2-4-10-24/h5-8,11-12H,2-4,9-10H2,1H3,(H,23,25). The van der Waals surface area contributed by atoms with E-state index in [9.17, 15) is 14.0 Å². The number of aryl methyl sites for hydroxylation is 1. The van der Waals surface area contributed by atoms with Crippen LogP contribution < -0.4 is 5.32 Å². The fraction of sp³-hybridized carbons (Fsp3) is 0.300. The van der Waals surface area contributed by atoms with Crippen LogP contribution in [0, 0.1) is 12.7 Å². The summed E-state index contributed by atoms with van der Waals surface area (Å²) in [4.78, 5) is 26.7. The summed E-state index contributed by atoms with van der Waals surface area (Å²) in [7, 11) is 0. The van der Waals surface area contributed by atoms with Crippen molar-refractivity contribution in [3.63, 3.8) is 0 Å². The van der Waals surface area contributed by atoms with Gasteiger partial charge in [0.15, 0.2) is 0 Å². The normalized spacial score (nSPS) is 14.2. The second-order valence-electron chi connectivity index (χ2n) is 6.48. The predicted molar refractivity (Wildman–Crippen MR) is 100 cm³/mol. The van der Waals surface area contributed by atoms with E-state index >= 15 is 0 Å². The number of carbonyl (C=O) groups excluding carboxylic acids is 2. The number of amides is 2. The minimum absolute atomic E-state index is 0.0328. The van der Waals surface area contributed by atoms with Crippen LogP contribution >= 0.6 is 11.6 Å². The SMILES string of the molecule is Cc1ccc(F)c(C(=O)Nc2ccc(C(=O)N3CCCCC3)c(Cl)c2)c1. The highest BCUT2D eigenvalue weighted by atomic mass is 35.5. The molecule has 0 unspecified atom stereocenters. The highest BCUT2D eigenvalue weighted by Crippen LogP contribution is 2.24. The van der Waals surface area contributed by atoms with E-state index in [1.54, 1.807) is 30.0 Å². The Hall–Kier alpha value is -2.40. The molecule has 2 aromatic rings. The lowest BCUT2D eigenvalue weighted by molar-refractivity contribution is 0.0724. The van der Waals surface area contributed by atoms with Gasteiger partial charge in [-0.1, -0.05) is 23.2 Å². The highest BCUT2D eigenvalue weighted by molar-refractivity contribution is 6.34. The van der Waals surface area contributed by atoms with Crippen molar-refractivity contribution in [3.05, 3.63) is 63.9 Å². The Morgan fingerprint density at radius 2 is 1.77 bits per heavy atom. The Morgan fingerprint density at radius 1 is 1.04 bits per heavy atom. The molecule has 4 nitrogen and oxygen atoms in total. The van der Waals surface area contributed by atoms with E-state index in [-0.39, 0.29) is 16.5 Å². The molecule has 2 amide bonds. The van der Waals surface area contributed by atoms with Gasteiger partial charge in [0.1, 0.15) is 5.82 Å². The summed E-state index contributed by atoms with van der Waals surface area (Å²) >= 11 is 6.26. The van der Waals surface area contributed by atoms with Crippen LogP contribution in [0.4, 0.5) is 10.1 Å². The van der Waals surface area contributed by atoms with Crippen LogP contribution in [0.15, 0.2) is 36.4 Å². The van der Waals surface area contributed by atoms with Gasteiger partial charge in [0.25, 0.3) is 11.8 Å². The molecule has 2 aromatic carbocycles.